The van der Waals surface area contributed by atoms with Crippen LogP contribution in [0.3, 0.4) is 0 Å². The molecular weight excluding hydrogens is 238 g/mol. The van der Waals surface area contributed by atoms with Gasteiger partial charge < -0.3 is 10.2 Å². The predicted molar refractivity (Wildman–Crippen MR) is 80.3 cm³/mol. The van der Waals surface area contributed by atoms with E-state index in [2.05, 4.69) is 37.9 Å². The Kier molecular flexibility index (Phi) is 6.80. The van der Waals surface area contributed by atoms with Gasteiger partial charge in [0.25, 0.3) is 0 Å². The third-order valence-corrected chi connectivity index (χ3v) is 4.07. The van der Waals surface area contributed by atoms with Gasteiger partial charge in [0.15, 0.2) is 0 Å². The molecule has 1 aliphatic rings. The second-order valence-electron chi connectivity index (χ2n) is 6.16. The summed E-state index contributed by atoms with van der Waals surface area (Å²) in [5.74, 6) is 0.212. The third-order valence-electron chi connectivity index (χ3n) is 4.07. The molecule has 19 heavy (non-hydrogen) atoms. The molecule has 0 aromatic rings. The highest BCUT2D eigenvalue weighted by Crippen LogP contribution is 2.10. The van der Waals surface area contributed by atoms with Crippen LogP contribution < -0.4 is 5.32 Å². The molecule has 0 aromatic heterocycles. The maximum atomic E-state index is 11.3. The van der Waals surface area contributed by atoms with E-state index < -0.39 is 0 Å². The number of hydrogen-bond acceptors (Lipinski definition) is 3. The van der Waals surface area contributed by atoms with Crippen LogP contribution in [-0.4, -0.2) is 60.0 Å². The molecule has 0 radical (unpaired) electrons. The summed E-state index contributed by atoms with van der Waals surface area (Å²) in [6, 6.07) is 1.78. The van der Waals surface area contributed by atoms with Gasteiger partial charge in [0.1, 0.15) is 0 Å². The summed E-state index contributed by atoms with van der Waals surface area (Å²) in [6.07, 6.45) is 2.17. The standard InChI is InChI=1S/C15H31N3O/c1-12(2)18(13(3)4)11-8-16-15-6-9-17(10-7-15)14(5)19/h12-13,15-16H,6-11H2,1-5H3. The van der Waals surface area contributed by atoms with Crippen molar-refractivity contribution in [3.05, 3.63) is 0 Å². The SMILES string of the molecule is CC(=O)N1CCC(NCCN(C(C)C)C(C)C)CC1. The van der Waals surface area contributed by atoms with Crippen molar-refractivity contribution in [3.8, 4) is 0 Å². The molecule has 4 heteroatoms. The van der Waals surface area contributed by atoms with E-state index in [1.54, 1.807) is 6.92 Å². The van der Waals surface area contributed by atoms with E-state index in [4.69, 9.17) is 0 Å². The summed E-state index contributed by atoms with van der Waals surface area (Å²) in [5, 5.41) is 3.64. The second kappa shape index (κ2) is 7.85. The molecule has 0 aromatic carbocycles. The van der Waals surface area contributed by atoms with Gasteiger partial charge in [-0.05, 0) is 40.5 Å². The Morgan fingerprint density at radius 2 is 1.74 bits per heavy atom. The number of rotatable bonds is 6. The smallest absolute Gasteiger partial charge is 0.219 e. The Bertz CT molecular complexity index is 263. The Morgan fingerprint density at radius 3 is 2.16 bits per heavy atom. The van der Waals surface area contributed by atoms with Crippen LogP contribution in [0.4, 0.5) is 0 Å². The first kappa shape index (κ1) is 16.4. The molecule has 0 spiro atoms. The van der Waals surface area contributed by atoms with Crippen molar-refractivity contribution in [3.63, 3.8) is 0 Å². The monoisotopic (exact) mass is 269 g/mol. The lowest BCUT2D eigenvalue weighted by atomic mass is 10.1. The minimum absolute atomic E-state index is 0.212. The van der Waals surface area contributed by atoms with E-state index in [0.717, 1.165) is 39.0 Å². The molecule has 1 aliphatic heterocycles. The summed E-state index contributed by atoms with van der Waals surface area (Å²) in [5.41, 5.74) is 0. The fraction of sp³-hybridized carbons (Fsp3) is 0.933. The molecule has 0 bridgehead atoms. The summed E-state index contributed by atoms with van der Waals surface area (Å²) in [4.78, 5) is 15.7. The normalized spacial score (nSPS) is 17.8. The molecule has 1 rings (SSSR count). The largest absolute Gasteiger partial charge is 0.343 e. The van der Waals surface area contributed by atoms with Crippen LogP contribution in [0.25, 0.3) is 0 Å². The molecule has 112 valence electrons. The lowest BCUT2D eigenvalue weighted by molar-refractivity contribution is -0.129. The zero-order valence-electron chi connectivity index (χ0n) is 13.3. The quantitative estimate of drug-likeness (QED) is 0.797. The maximum Gasteiger partial charge on any atom is 0.219 e. The number of carbonyl (C=O) groups excluding carboxylic acids is 1. The van der Waals surface area contributed by atoms with Gasteiger partial charge in [-0.15, -0.1) is 0 Å². The average molecular weight is 269 g/mol. The molecule has 1 fully saturated rings. The highest BCUT2D eigenvalue weighted by atomic mass is 16.2. The number of piperidine rings is 1. The summed E-state index contributed by atoms with van der Waals surface area (Å²) < 4.78 is 0. The van der Waals surface area contributed by atoms with Crippen LogP contribution in [0.5, 0.6) is 0 Å². The summed E-state index contributed by atoms with van der Waals surface area (Å²) >= 11 is 0. The predicted octanol–water partition coefficient (Wildman–Crippen LogP) is 1.71. The van der Waals surface area contributed by atoms with Gasteiger partial charge in [-0.2, -0.15) is 0 Å². The number of hydrogen-bond donors (Lipinski definition) is 1. The van der Waals surface area contributed by atoms with E-state index in [1.807, 2.05) is 4.90 Å². The highest BCUT2D eigenvalue weighted by Gasteiger charge is 2.20. The van der Waals surface area contributed by atoms with Crippen molar-refractivity contribution >= 4 is 5.91 Å². The molecule has 1 N–H and O–H groups in total. The summed E-state index contributed by atoms with van der Waals surface area (Å²) in [6.45, 7) is 14.6. The van der Waals surface area contributed by atoms with Crippen molar-refractivity contribution in [2.75, 3.05) is 26.2 Å². The molecule has 0 unspecified atom stereocenters. The van der Waals surface area contributed by atoms with Gasteiger partial charge in [0.2, 0.25) is 5.91 Å². The maximum absolute atomic E-state index is 11.3. The number of likely N-dealkylation sites (tertiary alicyclic amines) is 1. The van der Waals surface area contributed by atoms with Gasteiger partial charge in [-0.1, -0.05) is 0 Å². The van der Waals surface area contributed by atoms with Gasteiger partial charge >= 0.3 is 0 Å². The van der Waals surface area contributed by atoms with Crippen LogP contribution in [0.1, 0.15) is 47.5 Å². The van der Waals surface area contributed by atoms with Crippen LogP contribution in [0, 0.1) is 0 Å². The molecule has 4 nitrogen and oxygen atoms in total. The molecule has 0 saturated carbocycles. The Labute approximate surface area is 118 Å². The van der Waals surface area contributed by atoms with E-state index in [9.17, 15) is 4.79 Å². The Morgan fingerprint density at radius 1 is 1.21 bits per heavy atom. The van der Waals surface area contributed by atoms with E-state index in [-0.39, 0.29) is 5.91 Å². The minimum Gasteiger partial charge on any atom is -0.343 e. The fourth-order valence-corrected chi connectivity index (χ4v) is 2.91. The van der Waals surface area contributed by atoms with Gasteiger partial charge in [0.05, 0.1) is 0 Å². The van der Waals surface area contributed by atoms with Crippen molar-refractivity contribution in [2.24, 2.45) is 0 Å². The van der Waals surface area contributed by atoms with Crippen molar-refractivity contribution < 1.29 is 4.79 Å². The second-order valence-corrected chi connectivity index (χ2v) is 6.16. The molecule has 0 atom stereocenters. The Hall–Kier alpha value is -0.610. The lowest BCUT2D eigenvalue weighted by Crippen LogP contribution is -2.47. The van der Waals surface area contributed by atoms with Crippen LogP contribution in [0.2, 0.25) is 0 Å². The highest BCUT2D eigenvalue weighted by molar-refractivity contribution is 5.73. The van der Waals surface area contributed by atoms with E-state index >= 15 is 0 Å². The van der Waals surface area contributed by atoms with E-state index in [1.165, 1.54) is 0 Å². The van der Waals surface area contributed by atoms with Gasteiger partial charge in [-0.25, -0.2) is 0 Å². The van der Waals surface area contributed by atoms with Crippen molar-refractivity contribution in [1.29, 1.82) is 0 Å². The minimum atomic E-state index is 0.212. The first-order valence-electron chi connectivity index (χ1n) is 7.66. The van der Waals surface area contributed by atoms with Crippen molar-refractivity contribution in [2.45, 2.75) is 65.6 Å². The number of amides is 1. The zero-order valence-corrected chi connectivity index (χ0v) is 13.3. The van der Waals surface area contributed by atoms with Crippen LogP contribution in [-0.2, 0) is 4.79 Å². The fourth-order valence-electron chi connectivity index (χ4n) is 2.91. The first-order chi connectivity index (χ1) is 8.91. The Balaban J connectivity index is 2.22. The van der Waals surface area contributed by atoms with Crippen LogP contribution >= 0.6 is 0 Å². The molecule has 0 aliphatic carbocycles. The molecule has 1 heterocycles. The van der Waals surface area contributed by atoms with Crippen molar-refractivity contribution in [1.82, 2.24) is 15.1 Å². The number of carbonyl (C=O) groups is 1. The third kappa shape index (κ3) is 5.49. The molecular formula is C15H31N3O. The van der Waals surface area contributed by atoms with E-state index in [0.29, 0.717) is 18.1 Å². The van der Waals surface area contributed by atoms with Gasteiger partial charge in [0, 0.05) is 51.2 Å². The summed E-state index contributed by atoms with van der Waals surface area (Å²) in [7, 11) is 0. The van der Waals surface area contributed by atoms with Crippen LogP contribution in [0.15, 0.2) is 0 Å². The number of nitrogens with one attached hydrogen (secondary N) is 1. The molecule has 1 amide bonds. The average Bonchev–Trinajstić information content (AvgIpc) is 2.34. The lowest BCUT2D eigenvalue weighted by Gasteiger charge is -2.34. The number of nitrogens with zero attached hydrogens (tertiary/aromatic N) is 2. The van der Waals surface area contributed by atoms with Gasteiger partial charge in [-0.3, -0.25) is 9.69 Å². The molecule has 1 saturated heterocycles. The first-order valence-corrected chi connectivity index (χ1v) is 7.66. The topological polar surface area (TPSA) is 35.6 Å². The zero-order chi connectivity index (χ0) is 14.4.